The number of H-pyrrole nitrogens is 1. The Morgan fingerprint density at radius 3 is 3.06 bits per heavy atom. The fourth-order valence-electron chi connectivity index (χ4n) is 1.24. The van der Waals surface area contributed by atoms with Gasteiger partial charge in [0, 0.05) is 11.1 Å². The van der Waals surface area contributed by atoms with Gasteiger partial charge in [-0.25, -0.2) is 4.98 Å². The maximum Gasteiger partial charge on any atom is 0.304 e. The molecule has 0 aliphatic heterocycles. The normalized spacial score (nSPS) is 9.82. The van der Waals surface area contributed by atoms with Crippen molar-refractivity contribution in [2.45, 2.75) is 6.54 Å². The Bertz CT molecular complexity index is 624. The van der Waals surface area contributed by atoms with Crippen LogP contribution >= 0.6 is 11.3 Å². The molecule has 0 fully saturated rings. The first kappa shape index (κ1) is 11.2. The third-order valence-electron chi connectivity index (χ3n) is 2.06. The van der Waals surface area contributed by atoms with Crippen molar-refractivity contribution >= 4 is 22.8 Å². The van der Waals surface area contributed by atoms with Gasteiger partial charge in [-0.05, 0) is 12.1 Å². The van der Waals surface area contributed by atoms with Crippen LogP contribution in [0.25, 0.3) is 0 Å². The third kappa shape index (κ3) is 2.62. The first-order valence-corrected chi connectivity index (χ1v) is 5.64. The second-order valence-electron chi connectivity index (χ2n) is 3.27. The van der Waals surface area contributed by atoms with Gasteiger partial charge in [0.15, 0.2) is 5.69 Å². The number of anilines is 2. The summed E-state index contributed by atoms with van der Waals surface area (Å²) >= 11 is 1.11. The van der Waals surface area contributed by atoms with E-state index in [9.17, 15) is 4.79 Å². The molecule has 17 heavy (non-hydrogen) atoms. The first-order chi connectivity index (χ1) is 8.19. The lowest BCUT2D eigenvalue weighted by molar-refractivity contribution is 1.04. The Hall–Kier alpha value is -2.33. The third-order valence-corrected chi connectivity index (χ3v) is 2.78. The maximum atomic E-state index is 10.9. The number of hydrogen-bond acceptors (Lipinski definition) is 6. The van der Waals surface area contributed by atoms with Crippen LogP contribution in [0, 0.1) is 11.3 Å². The molecule has 4 N–H and O–H groups in total. The molecule has 0 spiro atoms. The largest absolute Gasteiger partial charge is 0.396 e. The average molecular weight is 247 g/mol. The molecule has 7 heteroatoms. The van der Waals surface area contributed by atoms with E-state index < -0.39 is 0 Å². The second kappa shape index (κ2) is 4.67. The summed E-state index contributed by atoms with van der Waals surface area (Å²) in [5.41, 5.74) is 6.86. The van der Waals surface area contributed by atoms with Crippen molar-refractivity contribution in [3.05, 3.63) is 38.6 Å². The van der Waals surface area contributed by atoms with Gasteiger partial charge in [-0.15, -0.1) is 0 Å². The summed E-state index contributed by atoms with van der Waals surface area (Å²) in [5, 5.41) is 13.5. The molecule has 0 aliphatic carbocycles. The summed E-state index contributed by atoms with van der Waals surface area (Å²) in [5.74, 6) is 0.544. The Morgan fingerprint density at radius 2 is 2.41 bits per heavy atom. The Morgan fingerprint density at radius 1 is 1.59 bits per heavy atom. The Kier molecular flexibility index (Phi) is 3.07. The van der Waals surface area contributed by atoms with E-state index in [-0.39, 0.29) is 10.6 Å². The van der Waals surface area contributed by atoms with Gasteiger partial charge in [0.05, 0.1) is 12.2 Å². The first-order valence-electron chi connectivity index (χ1n) is 4.76. The van der Waals surface area contributed by atoms with Crippen LogP contribution in [0.2, 0.25) is 0 Å². The summed E-state index contributed by atoms with van der Waals surface area (Å²) < 4.78 is 0. The number of thiazole rings is 1. The van der Waals surface area contributed by atoms with Crippen molar-refractivity contribution < 1.29 is 0 Å². The summed E-state index contributed by atoms with van der Waals surface area (Å²) in [6.45, 7) is 0.445. The van der Waals surface area contributed by atoms with Crippen molar-refractivity contribution in [1.82, 2.24) is 9.97 Å². The van der Waals surface area contributed by atoms with Crippen LogP contribution in [0.1, 0.15) is 11.4 Å². The number of pyridine rings is 1. The van der Waals surface area contributed by atoms with Crippen LogP contribution in [-0.4, -0.2) is 9.97 Å². The number of nitrogens with two attached hydrogens (primary N) is 1. The summed E-state index contributed by atoms with van der Waals surface area (Å²) in [4.78, 5) is 17.5. The number of rotatable bonds is 3. The van der Waals surface area contributed by atoms with E-state index in [1.165, 1.54) is 0 Å². The highest BCUT2D eigenvalue weighted by Gasteiger charge is 2.02. The zero-order valence-electron chi connectivity index (χ0n) is 8.73. The van der Waals surface area contributed by atoms with Gasteiger partial charge in [-0.1, -0.05) is 11.3 Å². The summed E-state index contributed by atoms with van der Waals surface area (Å²) in [7, 11) is 0. The van der Waals surface area contributed by atoms with Crippen LogP contribution in [0.15, 0.2) is 22.3 Å². The van der Waals surface area contributed by atoms with E-state index in [0.29, 0.717) is 18.1 Å². The van der Waals surface area contributed by atoms with Gasteiger partial charge in [0.1, 0.15) is 11.9 Å². The fourth-order valence-corrected chi connectivity index (χ4v) is 1.83. The van der Waals surface area contributed by atoms with Crippen molar-refractivity contribution in [3.8, 4) is 6.07 Å². The lowest BCUT2D eigenvalue weighted by Crippen LogP contribution is -2.05. The lowest BCUT2D eigenvalue weighted by atomic mass is 10.3. The number of nitrogens with one attached hydrogen (secondary N) is 2. The van der Waals surface area contributed by atoms with E-state index in [2.05, 4.69) is 15.3 Å². The lowest BCUT2D eigenvalue weighted by Gasteiger charge is -2.04. The molecule has 2 aromatic heterocycles. The predicted molar refractivity (Wildman–Crippen MR) is 65.6 cm³/mol. The number of aromatic nitrogens is 2. The van der Waals surface area contributed by atoms with E-state index >= 15 is 0 Å². The molecule has 0 aromatic carbocycles. The predicted octanol–water partition coefficient (Wildman–Crippen LogP) is 0.897. The quantitative estimate of drug-likeness (QED) is 0.746. The van der Waals surface area contributed by atoms with Gasteiger partial charge in [-0.3, -0.25) is 4.79 Å². The van der Waals surface area contributed by atoms with Crippen LogP contribution in [0.4, 0.5) is 11.5 Å². The SMILES string of the molecule is N#Cc1nc(NCc2csc(=O)[nH]2)ccc1N. The fraction of sp³-hybridized carbons (Fsp3) is 0.100. The van der Waals surface area contributed by atoms with Gasteiger partial charge >= 0.3 is 4.87 Å². The van der Waals surface area contributed by atoms with Crippen molar-refractivity contribution in [3.63, 3.8) is 0 Å². The molecule has 0 radical (unpaired) electrons. The van der Waals surface area contributed by atoms with Crippen LogP contribution in [-0.2, 0) is 6.54 Å². The minimum atomic E-state index is -0.0928. The standard InChI is InChI=1S/C10H9N5OS/c11-3-8-7(12)1-2-9(15-8)13-4-6-5-17-10(16)14-6/h1-2,5H,4,12H2,(H,13,15)(H,14,16). The van der Waals surface area contributed by atoms with E-state index in [1.807, 2.05) is 6.07 Å². The van der Waals surface area contributed by atoms with Crippen molar-refractivity contribution in [2.75, 3.05) is 11.1 Å². The highest BCUT2D eigenvalue weighted by Crippen LogP contribution is 2.12. The van der Waals surface area contributed by atoms with E-state index in [4.69, 9.17) is 11.0 Å². The molecule has 0 atom stereocenters. The van der Waals surface area contributed by atoms with Crippen LogP contribution in [0.3, 0.4) is 0 Å². The average Bonchev–Trinajstić information content (AvgIpc) is 2.74. The molecule has 0 unspecified atom stereocenters. The molecule has 0 bridgehead atoms. The van der Waals surface area contributed by atoms with Gasteiger partial charge in [0.2, 0.25) is 0 Å². The zero-order valence-corrected chi connectivity index (χ0v) is 9.54. The molecule has 6 nitrogen and oxygen atoms in total. The van der Waals surface area contributed by atoms with E-state index in [0.717, 1.165) is 17.0 Å². The minimum absolute atomic E-state index is 0.0928. The Labute approximate surface area is 101 Å². The molecule has 2 heterocycles. The molecule has 2 aromatic rings. The molecule has 86 valence electrons. The molecular weight excluding hydrogens is 238 g/mol. The van der Waals surface area contributed by atoms with Crippen molar-refractivity contribution in [1.29, 1.82) is 5.26 Å². The highest BCUT2D eigenvalue weighted by atomic mass is 32.1. The molecule has 0 saturated heterocycles. The molecule has 0 amide bonds. The summed E-state index contributed by atoms with van der Waals surface area (Å²) in [6.07, 6.45) is 0. The minimum Gasteiger partial charge on any atom is -0.396 e. The summed E-state index contributed by atoms with van der Waals surface area (Å²) in [6, 6.07) is 5.20. The molecule has 2 rings (SSSR count). The smallest absolute Gasteiger partial charge is 0.304 e. The second-order valence-corrected chi connectivity index (χ2v) is 4.12. The number of nitriles is 1. The van der Waals surface area contributed by atoms with Crippen molar-refractivity contribution in [2.24, 2.45) is 0 Å². The van der Waals surface area contributed by atoms with Gasteiger partial charge in [-0.2, -0.15) is 5.26 Å². The van der Waals surface area contributed by atoms with Crippen LogP contribution in [0.5, 0.6) is 0 Å². The molecule has 0 saturated carbocycles. The number of hydrogen-bond donors (Lipinski definition) is 3. The molecule has 0 aliphatic rings. The monoisotopic (exact) mass is 247 g/mol. The van der Waals surface area contributed by atoms with Crippen LogP contribution < -0.4 is 15.9 Å². The maximum absolute atomic E-state index is 10.9. The zero-order chi connectivity index (χ0) is 12.3. The van der Waals surface area contributed by atoms with Gasteiger partial charge in [0.25, 0.3) is 0 Å². The topological polar surface area (TPSA) is 108 Å². The number of nitrogen functional groups attached to an aromatic ring is 1. The highest BCUT2D eigenvalue weighted by molar-refractivity contribution is 7.07. The number of aromatic amines is 1. The Balaban J connectivity index is 2.09. The number of nitrogens with zero attached hydrogens (tertiary/aromatic N) is 2. The molecular formula is C10H9N5OS. The van der Waals surface area contributed by atoms with E-state index in [1.54, 1.807) is 17.5 Å². The van der Waals surface area contributed by atoms with Gasteiger partial charge < -0.3 is 16.0 Å².